The number of amides is 1. The average molecular weight is 295 g/mol. The van der Waals surface area contributed by atoms with Gasteiger partial charge in [0, 0.05) is 32.2 Å². The summed E-state index contributed by atoms with van der Waals surface area (Å²) in [5.41, 5.74) is 2.68. The predicted octanol–water partition coefficient (Wildman–Crippen LogP) is 2.44. The van der Waals surface area contributed by atoms with Gasteiger partial charge in [0.2, 0.25) is 0 Å². The van der Waals surface area contributed by atoms with Crippen molar-refractivity contribution in [2.45, 2.75) is 6.92 Å². The number of benzene rings is 1. The summed E-state index contributed by atoms with van der Waals surface area (Å²) in [5.74, 6) is -0.278. The zero-order valence-corrected chi connectivity index (χ0v) is 12.8. The second-order valence-electron chi connectivity index (χ2n) is 5.43. The van der Waals surface area contributed by atoms with Gasteiger partial charge in [0.1, 0.15) is 0 Å². The number of nitrogens with zero attached hydrogens (tertiary/aromatic N) is 2. The van der Waals surface area contributed by atoms with E-state index in [1.807, 2.05) is 48.9 Å². The number of hydrogen-bond donors (Lipinski definition) is 1. The first-order valence-corrected chi connectivity index (χ1v) is 7.00. The maximum absolute atomic E-state index is 12.5. The smallest absolute Gasteiger partial charge is 0.260 e. The van der Waals surface area contributed by atoms with Crippen LogP contribution in [0.3, 0.4) is 0 Å². The van der Waals surface area contributed by atoms with Crippen LogP contribution in [0, 0.1) is 6.92 Å². The van der Waals surface area contributed by atoms with Crippen LogP contribution in [0.15, 0.2) is 47.5 Å². The number of nitrogens with one attached hydrogen (secondary N) is 1. The van der Waals surface area contributed by atoms with Crippen LogP contribution in [0.5, 0.6) is 0 Å². The van der Waals surface area contributed by atoms with E-state index in [4.69, 9.17) is 0 Å². The van der Waals surface area contributed by atoms with E-state index in [2.05, 4.69) is 5.32 Å². The lowest BCUT2D eigenvalue weighted by molar-refractivity contribution is 0.102. The van der Waals surface area contributed by atoms with Gasteiger partial charge in [-0.1, -0.05) is 18.2 Å². The van der Waals surface area contributed by atoms with E-state index in [9.17, 15) is 9.59 Å². The first-order valence-electron chi connectivity index (χ1n) is 7.00. The normalized spacial score (nSPS) is 10.9. The highest BCUT2D eigenvalue weighted by molar-refractivity contribution is 6.13. The minimum Gasteiger partial charge on any atom is -0.349 e. The standard InChI is InChI=1S/C17H17N3O2/c1-11-9-20(3)17(22)14-13(10-19(2)15(11)14)16(21)18-12-7-5-4-6-8-12/h4-10H,1-3H3,(H,18,21). The lowest BCUT2D eigenvalue weighted by Gasteiger charge is -2.05. The van der Waals surface area contributed by atoms with Crippen molar-refractivity contribution in [3.63, 3.8) is 0 Å². The molecule has 0 unspecified atom stereocenters. The van der Waals surface area contributed by atoms with Crippen LogP contribution in [0.25, 0.3) is 10.9 Å². The Morgan fingerprint density at radius 2 is 1.73 bits per heavy atom. The predicted molar refractivity (Wildman–Crippen MR) is 87.3 cm³/mol. The van der Waals surface area contributed by atoms with Crippen LogP contribution in [-0.2, 0) is 14.1 Å². The molecule has 0 bridgehead atoms. The highest BCUT2D eigenvalue weighted by atomic mass is 16.2. The molecule has 1 amide bonds. The summed E-state index contributed by atoms with van der Waals surface area (Å²) in [6, 6.07) is 9.20. The van der Waals surface area contributed by atoms with Gasteiger partial charge in [-0.25, -0.2) is 0 Å². The van der Waals surface area contributed by atoms with E-state index in [1.165, 1.54) is 4.57 Å². The molecule has 0 saturated carbocycles. The maximum atomic E-state index is 12.5. The number of carbonyl (C=O) groups is 1. The summed E-state index contributed by atoms with van der Waals surface area (Å²) >= 11 is 0. The minimum absolute atomic E-state index is 0.167. The Kier molecular flexibility index (Phi) is 3.33. The molecule has 1 aromatic carbocycles. The summed E-state index contributed by atoms with van der Waals surface area (Å²) in [5, 5.41) is 3.29. The molecule has 3 rings (SSSR count). The van der Waals surface area contributed by atoms with Gasteiger partial charge in [-0.15, -0.1) is 0 Å². The Morgan fingerprint density at radius 3 is 2.41 bits per heavy atom. The molecule has 5 nitrogen and oxygen atoms in total. The molecule has 0 radical (unpaired) electrons. The van der Waals surface area contributed by atoms with E-state index in [1.54, 1.807) is 19.4 Å². The molecular weight excluding hydrogens is 278 g/mol. The number of hydrogen-bond acceptors (Lipinski definition) is 2. The first kappa shape index (κ1) is 14.1. The zero-order chi connectivity index (χ0) is 15.9. The van der Waals surface area contributed by atoms with Crippen LogP contribution in [0.4, 0.5) is 5.69 Å². The van der Waals surface area contributed by atoms with Crippen molar-refractivity contribution in [3.8, 4) is 0 Å². The number of aromatic nitrogens is 2. The fourth-order valence-electron chi connectivity index (χ4n) is 2.80. The largest absolute Gasteiger partial charge is 0.349 e. The molecule has 2 aromatic heterocycles. The van der Waals surface area contributed by atoms with E-state index >= 15 is 0 Å². The summed E-state index contributed by atoms with van der Waals surface area (Å²) < 4.78 is 3.34. The Morgan fingerprint density at radius 1 is 1.05 bits per heavy atom. The second-order valence-corrected chi connectivity index (χ2v) is 5.43. The van der Waals surface area contributed by atoms with Gasteiger partial charge in [-0.05, 0) is 24.6 Å². The first-order chi connectivity index (χ1) is 10.5. The fraction of sp³-hybridized carbons (Fsp3) is 0.176. The molecule has 1 N–H and O–H groups in total. The molecule has 0 aliphatic carbocycles. The van der Waals surface area contributed by atoms with Crippen LogP contribution in [-0.4, -0.2) is 15.0 Å². The molecule has 3 aromatic rings. The Labute approximate surface area is 127 Å². The Hall–Kier alpha value is -2.82. The topological polar surface area (TPSA) is 56.0 Å². The molecule has 5 heteroatoms. The number of pyridine rings is 1. The van der Waals surface area contributed by atoms with Crippen LogP contribution >= 0.6 is 0 Å². The van der Waals surface area contributed by atoms with Gasteiger partial charge in [0.05, 0.1) is 16.5 Å². The zero-order valence-electron chi connectivity index (χ0n) is 12.8. The number of carbonyl (C=O) groups excluding carboxylic acids is 1. The monoisotopic (exact) mass is 295 g/mol. The summed E-state index contributed by atoms with van der Waals surface area (Å²) in [7, 11) is 3.54. The number of aryl methyl sites for hydroxylation is 3. The molecule has 22 heavy (non-hydrogen) atoms. The molecule has 2 heterocycles. The van der Waals surface area contributed by atoms with E-state index in [0.717, 1.165) is 11.1 Å². The molecule has 0 aliphatic rings. The fourth-order valence-corrected chi connectivity index (χ4v) is 2.80. The molecule has 112 valence electrons. The molecule has 0 saturated heterocycles. The number of para-hydroxylation sites is 1. The SMILES string of the molecule is Cc1cn(C)c(=O)c2c(C(=O)Nc3ccccc3)cn(C)c12. The number of fused-ring (bicyclic) bond motifs is 1. The molecule has 0 aliphatic heterocycles. The summed E-state index contributed by atoms with van der Waals surface area (Å²) in [6.07, 6.45) is 3.49. The van der Waals surface area contributed by atoms with Crippen molar-refractivity contribution < 1.29 is 4.79 Å². The van der Waals surface area contributed by atoms with Gasteiger partial charge >= 0.3 is 0 Å². The minimum atomic E-state index is -0.278. The number of rotatable bonds is 2. The van der Waals surface area contributed by atoms with Crippen molar-refractivity contribution in [1.82, 2.24) is 9.13 Å². The molecule has 0 fully saturated rings. The van der Waals surface area contributed by atoms with Crippen molar-refractivity contribution >= 4 is 22.5 Å². The van der Waals surface area contributed by atoms with Crippen molar-refractivity contribution in [1.29, 1.82) is 0 Å². The average Bonchev–Trinajstić information content (AvgIpc) is 2.84. The van der Waals surface area contributed by atoms with Gasteiger partial charge in [-0.3, -0.25) is 9.59 Å². The van der Waals surface area contributed by atoms with Gasteiger partial charge in [0.25, 0.3) is 11.5 Å². The van der Waals surface area contributed by atoms with E-state index in [-0.39, 0.29) is 11.5 Å². The quantitative estimate of drug-likeness (QED) is 0.789. The Bertz CT molecular complexity index is 920. The van der Waals surface area contributed by atoms with E-state index in [0.29, 0.717) is 16.6 Å². The maximum Gasteiger partial charge on any atom is 0.260 e. The third-order valence-corrected chi connectivity index (χ3v) is 3.75. The lowest BCUT2D eigenvalue weighted by Crippen LogP contribution is -2.20. The lowest BCUT2D eigenvalue weighted by atomic mass is 10.1. The highest BCUT2D eigenvalue weighted by Gasteiger charge is 2.19. The third kappa shape index (κ3) is 2.20. The van der Waals surface area contributed by atoms with Crippen molar-refractivity contribution in [2.75, 3.05) is 5.32 Å². The second kappa shape index (κ2) is 5.18. The van der Waals surface area contributed by atoms with Crippen LogP contribution < -0.4 is 10.9 Å². The van der Waals surface area contributed by atoms with Crippen molar-refractivity contribution in [2.24, 2.45) is 14.1 Å². The highest BCUT2D eigenvalue weighted by Crippen LogP contribution is 2.21. The summed E-state index contributed by atoms with van der Waals surface area (Å²) in [6.45, 7) is 1.93. The van der Waals surface area contributed by atoms with Crippen LogP contribution in [0.2, 0.25) is 0 Å². The molecular formula is C17H17N3O2. The van der Waals surface area contributed by atoms with Crippen LogP contribution in [0.1, 0.15) is 15.9 Å². The molecule has 0 spiro atoms. The third-order valence-electron chi connectivity index (χ3n) is 3.75. The van der Waals surface area contributed by atoms with E-state index < -0.39 is 0 Å². The Balaban J connectivity index is 2.16. The van der Waals surface area contributed by atoms with Gasteiger partial charge in [-0.2, -0.15) is 0 Å². The van der Waals surface area contributed by atoms with Gasteiger partial charge in [0.15, 0.2) is 0 Å². The van der Waals surface area contributed by atoms with Crippen molar-refractivity contribution in [3.05, 3.63) is 64.2 Å². The molecule has 0 atom stereocenters. The number of anilines is 1. The van der Waals surface area contributed by atoms with Gasteiger partial charge < -0.3 is 14.5 Å². The summed E-state index contributed by atoms with van der Waals surface area (Å²) in [4.78, 5) is 25.0.